The Hall–Kier alpha value is 0.630. The number of rotatable bonds is 6. The highest BCUT2D eigenvalue weighted by Gasteiger charge is 2.15. The third-order valence-corrected chi connectivity index (χ3v) is 7.17. The molecule has 0 fully saturated rings. The standard InChI is InChI=1S/C9H14O3S5/c1-3-4-5-14-8(12)15-9(13)17-16-6(2)7(10)11/h6H,3-5H2,1-2H3,(H,10,11). The Bertz CT molecular complexity index is 282. The summed E-state index contributed by atoms with van der Waals surface area (Å²) in [6.07, 6.45) is 2.08. The summed E-state index contributed by atoms with van der Waals surface area (Å²) >= 11 is 7.27. The maximum atomic E-state index is 11.4. The summed E-state index contributed by atoms with van der Waals surface area (Å²) in [5.74, 6) is -0.0622. The van der Waals surface area contributed by atoms with E-state index in [4.69, 9.17) is 17.3 Å². The third-order valence-electron chi connectivity index (χ3n) is 1.49. The number of thioether (sulfide) groups is 2. The largest absolute Gasteiger partial charge is 0.480 e. The van der Waals surface area contributed by atoms with Crippen molar-refractivity contribution in [1.29, 1.82) is 0 Å². The van der Waals surface area contributed by atoms with Gasteiger partial charge >= 0.3 is 5.97 Å². The summed E-state index contributed by atoms with van der Waals surface area (Å²) in [5, 5.41) is 8.14. The van der Waals surface area contributed by atoms with Gasteiger partial charge in [0.2, 0.25) is 0 Å². The predicted molar refractivity (Wildman–Crippen MR) is 85.2 cm³/mol. The number of aliphatic carboxylic acids is 1. The van der Waals surface area contributed by atoms with E-state index in [0.29, 0.717) is 3.53 Å². The molecule has 0 aliphatic heterocycles. The first-order chi connectivity index (χ1) is 7.97. The van der Waals surface area contributed by atoms with Gasteiger partial charge in [0.25, 0.3) is 4.45 Å². The minimum absolute atomic E-state index is 0.0143. The zero-order valence-electron chi connectivity index (χ0n) is 9.50. The second kappa shape index (κ2) is 10.5. The van der Waals surface area contributed by atoms with Crippen LogP contribution in [0.25, 0.3) is 0 Å². The lowest BCUT2D eigenvalue weighted by molar-refractivity contribution is -0.136. The van der Waals surface area contributed by atoms with Crippen LogP contribution in [0, 0.1) is 0 Å². The van der Waals surface area contributed by atoms with Gasteiger partial charge in [-0.2, -0.15) is 0 Å². The molecule has 0 aliphatic carbocycles. The molecule has 0 amide bonds. The molecule has 3 nitrogen and oxygen atoms in total. The SMILES string of the molecule is CCCCSC(=O)SC(=S)SSC(C)C(=O)O. The van der Waals surface area contributed by atoms with Gasteiger partial charge in [0.05, 0.1) is 0 Å². The summed E-state index contributed by atoms with van der Waals surface area (Å²) < 4.78 is 0.455. The molecule has 1 unspecified atom stereocenters. The Morgan fingerprint density at radius 2 is 2.06 bits per heavy atom. The van der Waals surface area contributed by atoms with Gasteiger partial charge in [-0.1, -0.05) is 48.1 Å². The molecule has 1 atom stereocenters. The number of hydrogen-bond acceptors (Lipinski definition) is 7. The number of carbonyl (C=O) groups excluding carboxylic acids is 1. The Morgan fingerprint density at radius 1 is 1.41 bits per heavy atom. The Labute approximate surface area is 123 Å². The van der Waals surface area contributed by atoms with Crippen LogP contribution in [0.3, 0.4) is 0 Å². The molecule has 0 aliphatic rings. The fourth-order valence-electron chi connectivity index (χ4n) is 0.567. The first-order valence-corrected chi connectivity index (χ1v) is 9.34. The van der Waals surface area contributed by atoms with Crippen molar-refractivity contribution >= 4 is 71.3 Å². The molecule has 0 bridgehead atoms. The summed E-state index contributed by atoms with van der Waals surface area (Å²) in [6, 6.07) is 0. The van der Waals surface area contributed by atoms with Crippen molar-refractivity contribution in [2.75, 3.05) is 5.75 Å². The maximum absolute atomic E-state index is 11.4. The average Bonchev–Trinajstić information content (AvgIpc) is 2.26. The van der Waals surface area contributed by atoms with Crippen molar-refractivity contribution in [3.8, 4) is 0 Å². The van der Waals surface area contributed by atoms with Crippen LogP contribution in [0.4, 0.5) is 4.79 Å². The van der Waals surface area contributed by atoms with Gasteiger partial charge < -0.3 is 5.11 Å². The van der Waals surface area contributed by atoms with Gasteiger partial charge in [0.15, 0.2) is 0 Å². The van der Waals surface area contributed by atoms with Crippen molar-refractivity contribution in [2.45, 2.75) is 31.9 Å². The van der Waals surface area contributed by atoms with Crippen molar-refractivity contribution in [2.24, 2.45) is 0 Å². The number of thiocarbonyl (C=S) groups is 1. The lowest BCUT2D eigenvalue weighted by atomic mass is 10.4. The predicted octanol–water partition coefficient (Wildman–Crippen LogP) is 4.51. The average molecular weight is 331 g/mol. The highest BCUT2D eigenvalue weighted by atomic mass is 33.1. The van der Waals surface area contributed by atoms with E-state index in [-0.39, 0.29) is 4.45 Å². The molecule has 0 radical (unpaired) electrons. The molecule has 0 heterocycles. The molecule has 98 valence electrons. The normalized spacial score (nSPS) is 12.1. The van der Waals surface area contributed by atoms with E-state index in [9.17, 15) is 9.59 Å². The molecule has 0 aromatic carbocycles. The van der Waals surface area contributed by atoms with Crippen LogP contribution in [0.2, 0.25) is 0 Å². The number of carbonyl (C=O) groups is 2. The van der Waals surface area contributed by atoms with Crippen LogP contribution in [0.15, 0.2) is 0 Å². The molecule has 0 spiro atoms. The second-order valence-corrected chi connectivity index (χ2v) is 9.01. The summed E-state index contributed by atoms with van der Waals surface area (Å²) in [7, 11) is 2.33. The number of hydrogen-bond donors (Lipinski definition) is 1. The summed E-state index contributed by atoms with van der Waals surface area (Å²) in [5.41, 5.74) is 0. The van der Waals surface area contributed by atoms with Crippen molar-refractivity contribution in [1.82, 2.24) is 0 Å². The van der Waals surface area contributed by atoms with E-state index in [1.165, 1.54) is 22.6 Å². The van der Waals surface area contributed by atoms with Gasteiger partial charge in [-0.15, -0.1) is 0 Å². The first kappa shape index (κ1) is 17.6. The molecule has 0 aromatic heterocycles. The number of unbranched alkanes of at least 4 members (excludes halogenated alkanes) is 1. The quantitative estimate of drug-likeness (QED) is 0.433. The van der Waals surface area contributed by atoms with Gasteiger partial charge in [0.1, 0.15) is 8.78 Å². The molecule has 0 saturated heterocycles. The first-order valence-electron chi connectivity index (χ1n) is 4.92. The zero-order chi connectivity index (χ0) is 13.3. The van der Waals surface area contributed by atoms with E-state index >= 15 is 0 Å². The lowest BCUT2D eigenvalue weighted by Gasteiger charge is -2.04. The molecule has 0 aromatic rings. The van der Waals surface area contributed by atoms with Gasteiger partial charge in [-0.05, 0) is 35.9 Å². The molecule has 0 saturated carbocycles. The molecule has 17 heavy (non-hydrogen) atoms. The monoisotopic (exact) mass is 330 g/mol. The molecule has 1 N–H and O–H groups in total. The second-order valence-electron chi connectivity index (χ2n) is 2.96. The topological polar surface area (TPSA) is 54.4 Å². The molecular weight excluding hydrogens is 316 g/mol. The highest BCUT2D eigenvalue weighted by molar-refractivity contribution is 8.89. The smallest absolute Gasteiger partial charge is 0.317 e. The minimum Gasteiger partial charge on any atom is -0.480 e. The Kier molecular flexibility index (Phi) is 10.9. The van der Waals surface area contributed by atoms with Crippen LogP contribution in [0.1, 0.15) is 26.7 Å². The van der Waals surface area contributed by atoms with Crippen LogP contribution >= 0.6 is 57.3 Å². The van der Waals surface area contributed by atoms with E-state index in [0.717, 1.165) is 41.2 Å². The Morgan fingerprint density at radius 3 is 2.59 bits per heavy atom. The van der Waals surface area contributed by atoms with Crippen molar-refractivity contribution in [3.63, 3.8) is 0 Å². The van der Waals surface area contributed by atoms with Crippen LogP contribution < -0.4 is 0 Å². The maximum Gasteiger partial charge on any atom is 0.317 e. The number of carboxylic acids is 1. The van der Waals surface area contributed by atoms with Crippen LogP contribution in [0.5, 0.6) is 0 Å². The zero-order valence-corrected chi connectivity index (χ0v) is 13.6. The minimum atomic E-state index is -0.876. The van der Waals surface area contributed by atoms with E-state index in [1.54, 1.807) is 6.92 Å². The fourth-order valence-corrected chi connectivity index (χ4v) is 5.18. The van der Waals surface area contributed by atoms with Crippen LogP contribution in [-0.4, -0.2) is 30.1 Å². The molecule has 8 heteroatoms. The summed E-state index contributed by atoms with van der Waals surface area (Å²) in [4.78, 5) is 22.0. The number of carboxylic acid groups (broad SMARTS) is 1. The lowest BCUT2D eigenvalue weighted by Crippen LogP contribution is -2.10. The Balaban J connectivity index is 3.71. The summed E-state index contributed by atoms with van der Waals surface area (Å²) in [6.45, 7) is 3.66. The van der Waals surface area contributed by atoms with Gasteiger partial charge in [-0.3, -0.25) is 9.59 Å². The van der Waals surface area contributed by atoms with E-state index in [1.807, 2.05) is 0 Å². The van der Waals surface area contributed by atoms with Gasteiger partial charge in [-0.25, -0.2) is 0 Å². The van der Waals surface area contributed by atoms with Crippen molar-refractivity contribution < 1.29 is 14.7 Å². The highest BCUT2D eigenvalue weighted by Crippen LogP contribution is 2.35. The third kappa shape index (κ3) is 10.3. The van der Waals surface area contributed by atoms with Crippen LogP contribution in [-0.2, 0) is 4.79 Å². The van der Waals surface area contributed by atoms with Gasteiger partial charge in [0, 0.05) is 5.75 Å². The van der Waals surface area contributed by atoms with Crippen molar-refractivity contribution in [3.05, 3.63) is 0 Å². The van der Waals surface area contributed by atoms with E-state index in [2.05, 4.69) is 6.92 Å². The van der Waals surface area contributed by atoms with E-state index < -0.39 is 11.2 Å². The molecule has 0 rings (SSSR count). The molecular formula is C9H14O3S5. The fraction of sp³-hybridized carbons (Fsp3) is 0.667.